The van der Waals surface area contributed by atoms with Gasteiger partial charge >= 0.3 is 6.18 Å². The van der Waals surface area contributed by atoms with Crippen LogP contribution in [0.25, 0.3) is 0 Å². The molecule has 4 rings (SSSR count). The first-order chi connectivity index (χ1) is 16.1. The lowest BCUT2D eigenvalue weighted by Crippen LogP contribution is -2.46. The van der Waals surface area contributed by atoms with E-state index in [0.29, 0.717) is 18.7 Å². The van der Waals surface area contributed by atoms with Gasteiger partial charge in [-0.15, -0.1) is 0 Å². The van der Waals surface area contributed by atoms with Crippen LogP contribution in [0.5, 0.6) is 0 Å². The largest absolute Gasteiger partial charge is 0.418 e. The first kappa shape index (κ1) is 23.7. The Kier molecular flexibility index (Phi) is 6.60. The zero-order chi connectivity index (χ0) is 24.5. The predicted molar refractivity (Wildman–Crippen MR) is 118 cm³/mol. The fraction of sp³-hybridized carbons (Fsp3) is 0.375. The van der Waals surface area contributed by atoms with E-state index in [-0.39, 0.29) is 18.0 Å². The maximum atomic E-state index is 13.2. The number of carbonyl (C=O) groups excluding carboxylic acids is 3. The number of anilines is 1. The number of hydrogen-bond acceptors (Lipinski definition) is 4. The maximum absolute atomic E-state index is 13.2. The lowest BCUT2D eigenvalue weighted by molar-refractivity contribution is -0.148. The topological polar surface area (TPSA) is 81.8 Å². The molecule has 0 spiro atoms. The first-order valence-electron chi connectivity index (χ1n) is 11.1. The lowest BCUT2D eigenvalue weighted by Gasteiger charge is -2.28. The third-order valence-corrected chi connectivity index (χ3v) is 6.08. The van der Waals surface area contributed by atoms with Gasteiger partial charge in [0.15, 0.2) is 0 Å². The molecule has 7 nitrogen and oxygen atoms in total. The average molecular weight is 474 g/mol. The summed E-state index contributed by atoms with van der Waals surface area (Å²) in [5.74, 6) is -2.36. The fourth-order valence-electron chi connectivity index (χ4n) is 4.35. The number of fused-ring (bicyclic) bond motifs is 2. The Morgan fingerprint density at radius 3 is 2.56 bits per heavy atom. The summed E-state index contributed by atoms with van der Waals surface area (Å²) in [6, 6.07) is 11.1. The number of nitrogens with zero attached hydrogens (tertiary/aromatic N) is 2. The molecule has 0 aromatic heterocycles. The van der Waals surface area contributed by atoms with Crippen LogP contribution in [0, 0.1) is 5.92 Å². The van der Waals surface area contributed by atoms with Crippen molar-refractivity contribution in [3.63, 3.8) is 0 Å². The summed E-state index contributed by atoms with van der Waals surface area (Å²) in [5, 5.41) is 8.63. The number of carbonyl (C=O) groups is 3. The van der Waals surface area contributed by atoms with Crippen LogP contribution in [0.4, 0.5) is 18.9 Å². The van der Waals surface area contributed by atoms with Crippen molar-refractivity contribution in [3.05, 3.63) is 65.2 Å². The number of hydrogen-bond donors (Lipinski definition) is 2. The van der Waals surface area contributed by atoms with Gasteiger partial charge in [-0.1, -0.05) is 43.3 Å². The van der Waals surface area contributed by atoms with Crippen molar-refractivity contribution in [1.82, 2.24) is 15.3 Å². The second-order valence-corrected chi connectivity index (χ2v) is 8.54. The first-order valence-corrected chi connectivity index (χ1v) is 11.1. The predicted octanol–water partition coefficient (Wildman–Crippen LogP) is 3.49. The zero-order valence-corrected chi connectivity index (χ0v) is 18.6. The third kappa shape index (κ3) is 4.91. The van der Waals surface area contributed by atoms with Crippen molar-refractivity contribution < 1.29 is 27.6 Å². The molecule has 0 saturated carbocycles. The summed E-state index contributed by atoms with van der Waals surface area (Å²) in [6.45, 7) is 3.37. The molecule has 0 radical (unpaired) electrons. The van der Waals surface area contributed by atoms with Crippen LogP contribution in [0.3, 0.4) is 0 Å². The van der Waals surface area contributed by atoms with Gasteiger partial charge in [-0.25, -0.2) is 5.01 Å². The lowest BCUT2D eigenvalue weighted by atomic mass is 9.98. The Balaban J connectivity index is 1.45. The smallest absolute Gasteiger partial charge is 0.340 e. The van der Waals surface area contributed by atoms with Gasteiger partial charge in [0.25, 0.3) is 5.91 Å². The Labute approximate surface area is 194 Å². The molecular weight excluding hydrogens is 449 g/mol. The quantitative estimate of drug-likeness (QED) is 0.695. The van der Waals surface area contributed by atoms with Crippen LogP contribution in [-0.2, 0) is 27.1 Å². The highest BCUT2D eigenvalue weighted by atomic mass is 19.4. The third-order valence-electron chi connectivity index (χ3n) is 6.08. The molecule has 2 heterocycles. The van der Waals surface area contributed by atoms with Gasteiger partial charge in [-0.3, -0.25) is 19.4 Å². The monoisotopic (exact) mass is 474 g/mol. The van der Waals surface area contributed by atoms with Gasteiger partial charge in [0.05, 0.1) is 11.3 Å². The van der Waals surface area contributed by atoms with Crippen LogP contribution >= 0.6 is 0 Å². The normalized spacial score (nSPS) is 19.1. The standard InChI is InChI=1S/C24H25F3N4O3/c1-15(13-20(32)28-19-10-5-4-9-18(19)24(25,26)27)22(33)29-21-17-8-3-2-7-16(17)14-30-11-6-12-31(30)23(21)34/h2-5,7-10,15,21H,6,11-14H2,1H3,(H,28,32)(H,29,33)/t15-,21+/m1/s1. The maximum Gasteiger partial charge on any atom is 0.418 e. The highest BCUT2D eigenvalue weighted by molar-refractivity contribution is 5.96. The van der Waals surface area contributed by atoms with Gasteiger partial charge in [-0.05, 0) is 29.7 Å². The van der Waals surface area contributed by atoms with Crippen molar-refractivity contribution in [1.29, 1.82) is 0 Å². The highest BCUT2D eigenvalue weighted by Crippen LogP contribution is 2.35. The molecule has 2 aromatic rings. The molecule has 1 saturated heterocycles. The molecule has 2 N–H and O–H groups in total. The Hall–Kier alpha value is -3.40. The van der Waals surface area contributed by atoms with Crippen LogP contribution in [0.2, 0.25) is 0 Å². The number of alkyl halides is 3. The average Bonchev–Trinajstić information content (AvgIpc) is 3.21. The van der Waals surface area contributed by atoms with Crippen molar-refractivity contribution in [2.45, 2.75) is 38.5 Å². The fourth-order valence-corrected chi connectivity index (χ4v) is 4.35. The van der Waals surface area contributed by atoms with E-state index >= 15 is 0 Å². The number of halogens is 3. The summed E-state index contributed by atoms with van der Waals surface area (Å²) < 4.78 is 39.5. The zero-order valence-electron chi connectivity index (χ0n) is 18.6. The van der Waals surface area contributed by atoms with Crippen LogP contribution in [-0.4, -0.2) is 40.8 Å². The summed E-state index contributed by atoms with van der Waals surface area (Å²) in [6.07, 6.45) is -4.12. The summed E-state index contributed by atoms with van der Waals surface area (Å²) in [4.78, 5) is 38.6. The van der Waals surface area contributed by atoms with Crippen molar-refractivity contribution in [2.24, 2.45) is 5.92 Å². The molecule has 10 heteroatoms. The number of hydrazine groups is 1. The molecule has 2 atom stereocenters. The SMILES string of the molecule is C[C@H](CC(=O)Nc1ccccc1C(F)(F)F)C(=O)N[C@@H]1C(=O)N2CCCN2Cc2ccccc21. The van der Waals surface area contributed by atoms with Crippen LogP contribution in [0.15, 0.2) is 48.5 Å². The number of nitrogens with one attached hydrogen (secondary N) is 2. The van der Waals surface area contributed by atoms with Gasteiger partial charge in [0.1, 0.15) is 6.04 Å². The minimum atomic E-state index is -4.62. The van der Waals surface area contributed by atoms with Crippen molar-refractivity contribution in [2.75, 3.05) is 18.4 Å². The molecule has 180 valence electrons. The summed E-state index contributed by atoms with van der Waals surface area (Å²) in [5.41, 5.74) is 0.302. The molecule has 1 fully saturated rings. The Bertz CT molecular complexity index is 1100. The number of rotatable bonds is 5. The highest BCUT2D eigenvalue weighted by Gasteiger charge is 2.38. The van der Waals surface area contributed by atoms with Crippen molar-refractivity contribution >= 4 is 23.4 Å². The Morgan fingerprint density at radius 2 is 1.79 bits per heavy atom. The molecule has 2 aromatic carbocycles. The molecule has 0 aliphatic carbocycles. The van der Waals surface area contributed by atoms with Crippen LogP contribution in [0.1, 0.15) is 42.5 Å². The molecule has 34 heavy (non-hydrogen) atoms. The van der Waals surface area contributed by atoms with E-state index in [9.17, 15) is 27.6 Å². The Morgan fingerprint density at radius 1 is 1.09 bits per heavy atom. The molecule has 2 aliphatic rings. The van der Waals surface area contributed by atoms with E-state index < -0.39 is 35.5 Å². The number of amides is 3. The van der Waals surface area contributed by atoms with Gasteiger partial charge in [0, 0.05) is 32.0 Å². The van der Waals surface area contributed by atoms with E-state index in [1.165, 1.54) is 19.1 Å². The van der Waals surface area contributed by atoms with Crippen molar-refractivity contribution in [3.8, 4) is 0 Å². The molecule has 2 aliphatic heterocycles. The van der Waals surface area contributed by atoms with Gasteiger partial charge in [0.2, 0.25) is 11.8 Å². The minimum Gasteiger partial charge on any atom is -0.340 e. The van der Waals surface area contributed by atoms with Gasteiger partial charge < -0.3 is 10.6 Å². The van der Waals surface area contributed by atoms with E-state index in [2.05, 4.69) is 10.6 Å². The van der Waals surface area contributed by atoms with E-state index in [1.807, 2.05) is 17.1 Å². The second kappa shape index (κ2) is 9.46. The summed E-state index contributed by atoms with van der Waals surface area (Å²) in [7, 11) is 0. The minimum absolute atomic E-state index is 0.244. The van der Waals surface area contributed by atoms with E-state index in [0.717, 1.165) is 30.7 Å². The van der Waals surface area contributed by atoms with Gasteiger partial charge in [-0.2, -0.15) is 13.2 Å². The second-order valence-electron chi connectivity index (χ2n) is 8.54. The van der Waals surface area contributed by atoms with Crippen LogP contribution < -0.4 is 10.6 Å². The molecule has 0 unspecified atom stereocenters. The molecule has 3 amide bonds. The number of para-hydroxylation sites is 1. The molecular formula is C24H25F3N4O3. The number of benzene rings is 2. The summed E-state index contributed by atoms with van der Waals surface area (Å²) >= 11 is 0. The van der Waals surface area contributed by atoms with E-state index in [4.69, 9.17) is 0 Å². The van der Waals surface area contributed by atoms with E-state index in [1.54, 1.807) is 17.1 Å². The molecule has 0 bridgehead atoms.